The summed E-state index contributed by atoms with van der Waals surface area (Å²) >= 11 is 3.14. The zero-order valence-corrected chi connectivity index (χ0v) is 18.8. The average Bonchev–Trinajstić information content (AvgIpc) is 3.32. The van der Waals surface area contributed by atoms with Crippen LogP contribution in [0.15, 0.2) is 77.3 Å². The van der Waals surface area contributed by atoms with Gasteiger partial charge in [-0.3, -0.25) is 14.4 Å². The number of rotatable bonds is 3. The molecule has 2 heterocycles. The van der Waals surface area contributed by atoms with Crippen LogP contribution >= 0.6 is 15.9 Å². The number of amides is 2. The molecule has 5 nitrogen and oxygen atoms in total. The van der Waals surface area contributed by atoms with Crippen LogP contribution in [0.4, 0.5) is 28.9 Å². The lowest BCUT2D eigenvalue weighted by Gasteiger charge is -2.29. The van der Waals surface area contributed by atoms with Crippen LogP contribution in [0.5, 0.6) is 0 Å². The Morgan fingerprint density at radius 3 is 2.24 bits per heavy atom. The molecule has 0 aliphatic carbocycles. The highest BCUT2D eigenvalue weighted by Crippen LogP contribution is 2.48. The van der Waals surface area contributed by atoms with Crippen molar-refractivity contribution in [3.63, 3.8) is 0 Å². The smallest absolute Gasteiger partial charge is 0.273 e. The van der Waals surface area contributed by atoms with Crippen LogP contribution in [-0.2, 0) is 20.6 Å². The third-order valence-corrected chi connectivity index (χ3v) is 6.45. The summed E-state index contributed by atoms with van der Waals surface area (Å²) in [5, 5.41) is 1.42. The van der Waals surface area contributed by atoms with Gasteiger partial charge in [-0.05, 0) is 64.0 Å². The molecule has 0 N–H and O–H groups in total. The van der Waals surface area contributed by atoms with E-state index < -0.39 is 47.4 Å². The van der Waals surface area contributed by atoms with Crippen LogP contribution in [0.2, 0.25) is 0 Å². The van der Waals surface area contributed by atoms with E-state index in [-0.39, 0.29) is 10.2 Å². The van der Waals surface area contributed by atoms with Crippen LogP contribution in [0.3, 0.4) is 0 Å². The lowest BCUT2D eigenvalue weighted by Crippen LogP contribution is -2.37. The first-order valence-electron chi connectivity index (χ1n) is 10.2. The number of benzene rings is 3. The first-order valence-corrected chi connectivity index (χ1v) is 11.0. The zero-order chi connectivity index (χ0) is 24.2. The van der Waals surface area contributed by atoms with E-state index in [0.717, 1.165) is 23.1 Å². The SMILES string of the molecule is O=C1[C@@H]2[C@@H](ON(c3ccccc3)[C@H]2c2ccc(F)c(Br)c2)C(=O)N1c1cccc(C(F)(F)F)c1. The number of anilines is 2. The van der Waals surface area contributed by atoms with Gasteiger partial charge in [0.25, 0.3) is 5.91 Å². The lowest BCUT2D eigenvalue weighted by molar-refractivity contribution is -0.137. The van der Waals surface area contributed by atoms with E-state index in [2.05, 4.69) is 15.9 Å². The molecular formula is C24H15BrF4N2O3. The second-order valence-electron chi connectivity index (χ2n) is 7.89. The summed E-state index contributed by atoms with van der Waals surface area (Å²) in [6.45, 7) is 0. The summed E-state index contributed by atoms with van der Waals surface area (Å²) in [6, 6.07) is 16.2. The molecule has 0 spiro atoms. The number of alkyl halides is 3. The van der Waals surface area contributed by atoms with Gasteiger partial charge in [0, 0.05) is 0 Å². The summed E-state index contributed by atoms with van der Waals surface area (Å²) in [5.74, 6) is -3.03. The fraction of sp³-hybridized carbons (Fsp3) is 0.167. The number of imide groups is 1. The Kier molecular flexibility index (Phi) is 5.44. The minimum absolute atomic E-state index is 0.160. The molecule has 34 heavy (non-hydrogen) atoms. The van der Waals surface area contributed by atoms with Gasteiger partial charge in [0.15, 0.2) is 6.10 Å². The highest BCUT2D eigenvalue weighted by Gasteiger charge is 2.60. The molecule has 0 bridgehead atoms. The van der Waals surface area contributed by atoms with Crippen molar-refractivity contribution >= 4 is 39.1 Å². The molecule has 3 atom stereocenters. The van der Waals surface area contributed by atoms with Crippen LogP contribution in [0.25, 0.3) is 0 Å². The van der Waals surface area contributed by atoms with Crippen LogP contribution in [0.1, 0.15) is 17.2 Å². The first kappa shape index (κ1) is 22.5. The highest BCUT2D eigenvalue weighted by atomic mass is 79.9. The first-order chi connectivity index (χ1) is 16.2. The highest BCUT2D eigenvalue weighted by molar-refractivity contribution is 9.10. The van der Waals surface area contributed by atoms with Crippen LogP contribution in [0, 0.1) is 11.7 Å². The van der Waals surface area contributed by atoms with Crippen molar-refractivity contribution in [3.8, 4) is 0 Å². The van der Waals surface area contributed by atoms with E-state index >= 15 is 0 Å². The van der Waals surface area contributed by atoms with E-state index in [1.807, 2.05) is 0 Å². The van der Waals surface area contributed by atoms with E-state index in [4.69, 9.17) is 4.84 Å². The Bertz CT molecular complexity index is 1280. The van der Waals surface area contributed by atoms with Crippen molar-refractivity contribution in [2.75, 3.05) is 9.96 Å². The van der Waals surface area contributed by atoms with Gasteiger partial charge in [0.2, 0.25) is 5.91 Å². The fourth-order valence-corrected chi connectivity index (χ4v) is 4.72. The molecule has 3 aromatic rings. The summed E-state index contributed by atoms with van der Waals surface area (Å²) in [5.41, 5.74) is -0.105. The maximum atomic E-state index is 13.9. The molecule has 10 heteroatoms. The lowest BCUT2D eigenvalue weighted by atomic mass is 9.90. The topological polar surface area (TPSA) is 49.9 Å². The van der Waals surface area contributed by atoms with Crippen molar-refractivity contribution < 1.29 is 32.0 Å². The summed E-state index contributed by atoms with van der Waals surface area (Å²) in [7, 11) is 0. The van der Waals surface area contributed by atoms with Gasteiger partial charge in [0.05, 0.1) is 27.5 Å². The van der Waals surface area contributed by atoms with E-state index in [9.17, 15) is 27.2 Å². The van der Waals surface area contributed by atoms with Gasteiger partial charge in [0.1, 0.15) is 11.7 Å². The van der Waals surface area contributed by atoms with Crippen molar-refractivity contribution in [2.24, 2.45) is 5.92 Å². The Hall–Kier alpha value is -3.24. The number of hydrogen-bond acceptors (Lipinski definition) is 4. The maximum Gasteiger partial charge on any atom is 0.416 e. The molecular weight excluding hydrogens is 520 g/mol. The van der Waals surface area contributed by atoms with Crippen LogP contribution < -0.4 is 9.96 Å². The standard InChI is InChI=1S/C24H15BrF4N2O3/c25-17-11-13(9-10-18(17)26)20-19-21(34-31(20)15-6-2-1-3-7-15)23(33)30(22(19)32)16-8-4-5-14(12-16)24(27,28)29/h1-12,19-21H/t19-,20-,21+/m0/s1. The van der Waals surface area contributed by atoms with Gasteiger partial charge in [-0.15, -0.1) is 0 Å². The molecule has 2 aliphatic heterocycles. The van der Waals surface area contributed by atoms with Crippen molar-refractivity contribution in [3.05, 3.63) is 94.2 Å². The molecule has 0 aromatic heterocycles. The molecule has 174 valence electrons. The predicted molar refractivity (Wildman–Crippen MR) is 118 cm³/mol. The minimum Gasteiger partial charge on any atom is -0.273 e. The second-order valence-corrected chi connectivity index (χ2v) is 8.75. The summed E-state index contributed by atoms with van der Waals surface area (Å²) in [6.07, 6.45) is -5.89. The molecule has 2 aliphatic rings. The van der Waals surface area contributed by atoms with Crippen molar-refractivity contribution in [1.29, 1.82) is 0 Å². The van der Waals surface area contributed by atoms with Crippen molar-refractivity contribution in [2.45, 2.75) is 18.3 Å². The van der Waals surface area contributed by atoms with Gasteiger partial charge in [-0.2, -0.15) is 13.2 Å². The predicted octanol–water partition coefficient (Wildman–Crippen LogP) is 5.66. The van der Waals surface area contributed by atoms with E-state index in [1.165, 1.54) is 29.3 Å². The molecule has 2 fully saturated rings. The largest absolute Gasteiger partial charge is 0.416 e. The summed E-state index contributed by atoms with van der Waals surface area (Å²) in [4.78, 5) is 33.4. The molecule has 5 rings (SSSR count). The van der Waals surface area contributed by atoms with Gasteiger partial charge >= 0.3 is 6.18 Å². The summed E-state index contributed by atoms with van der Waals surface area (Å²) < 4.78 is 53.7. The maximum absolute atomic E-state index is 13.9. The normalized spacial score (nSPS) is 22.4. The third kappa shape index (κ3) is 3.67. The number of para-hydroxylation sites is 1. The molecule has 0 saturated carbocycles. The molecule has 3 aromatic carbocycles. The molecule has 2 saturated heterocycles. The minimum atomic E-state index is -4.64. The van der Waals surface area contributed by atoms with Gasteiger partial charge < -0.3 is 0 Å². The van der Waals surface area contributed by atoms with E-state index in [1.54, 1.807) is 30.3 Å². The number of fused-ring (bicyclic) bond motifs is 1. The number of carbonyl (C=O) groups is 2. The molecule has 0 radical (unpaired) electrons. The number of nitrogens with zero attached hydrogens (tertiary/aromatic N) is 2. The third-order valence-electron chi connectivity index (χ3n) is 5.84. The number of hydrogen-bond donors (Lipinski definition) is 0. The number of hydroxylamine groups is 1. The Balaban J connectivity index is 1.58. The number of carbonyl (C=O) groups excluding carboxylic acids is 2. The Labute approximate surface area is 199 Å². The zero-order valence-electron chi connectivity index (χ0n) is 17.2. The monoisotopic (exact) mass is 534 g/mol. The van der Waals surface area contributed by atoms with Gasteiger partial charge in [-0.25, -0.2) is 14.4 Å². The van der Waals surface area contributed by atoms with Gasteiger partial charge in [-0.1, -0.05) is 30.3 Å². The quantitative estimate of drug-likeness (QED) is 0.321. The fourth-order valence-electron chi connectivity index (χ4n) is 4.32. The van der Waals surface area contributed by atoms with Crippen LogP contribution in [-0.4, -0.2) is 17.9 Å². The molecule has 2 amide bonds. The van der Waals surface area contributed by atoms with E-state index in [0.29, 0.717) is 11.3 Å². The second kappa shape index (κ2) is 8.21. The Morgan fingerprint density at radius 2 is 1.56 bits per heavy atom. The van der Waals surface area contributed by atoms with Crippen molar-refractivity contribution in [1.82, 2.24) is 0 Å². The number of halogens is 5. The average molecular weight is 535 g/mol. The Morgan fingerprint density at radius 1 is 0.853 bits per heavy atom. The molecule has 0 unspecified atom stereocenters.